The molecule has 1 aromatic heterocycles. The summed E-state index contributed by atoms with van der Waals surface area (Å²) < 4.78 is 2.53. The Bertz CT molecular complexity index is 720. The Balaban J connectivity index is 2.25. The van der Waals surface area contributed by atoms with Crippen molar-refractivity contribution in [1.29, 1.82) is 0 Å². The first-order valence-corrected chi connectivity index (χ1v) is 6.95. The number of halogens is 1. The number of nitrogens with one attached hydrogen (secondary N) is 1. The van der Waals surface area contributed by atoms with Crippen LogP contribution < -0.4 is 11.0 Å². The molecule has 5 nitrogen and oxygen atoms in total. The van der Waals surface area contributed by atoms with Crippen molar-refractivity contribution in [3.05, 3.63) is 74.6 Å². The standard InChI is InChI=1S/C15H13BrN2O3/c16-13-6-3-11(4-7-13)10-18-9-1-2-12(15(18)20)5-8-14(19)17-21/h1-9,21H,10H2,(H,17,19)/b8-5+. The minimum Gasteiger partial charge on any atom is -0.311 e. The van der Waals surface area contributed by atoms with E-state index in [-0.39, 0.29) is 5.56 Å². The number of hydrogen-bond acceptors (Lipinski definition) is 3. The Morgan fingerprint density at radius 2 is 2.00 bits per heavy atom. The van der Waals surface area contributed by atoms with Gasteiger partial charge in [-0.3, -0.25) is 14.8 Å². The van der Waals surface area contributed by atoms with E-state index in [2.05, 4.69) is 15.9 Å². The van der Waals surface area contributed by atoms with Gasteiger partial charge in [0, 0.05) is 22.3 Å². The third kappa shape index (κ3) is 4.14. The van der Waals surface area contributed by atoms with Crippen molar-refractivity contribution >= 4 is 27.9 Å². The smallest absolute Gasteiger partial charge is 0.267 e. The lowest BCUT2D eigenvalue weighted by molar-refractivity contribution is -0.124. The molecule has 1 heterocycles. The molecule has 2 N–H and O–H groups in total. The molecule has 21 heavy (non-hydrogen) atoms. The average molecular weight is 349 g/mol. The van der Waals surface area contributed by atoms with Gasteiger partial charge < -0.3 is 4.57 Å². The first-order chi connectivity index (χ1) is 10.1. The predicted molar refractivity (Wildman–Crippen MR) is 82.9 cm³/mol. The summed E-state index contributed by atoms with van der Waals surface area (Å²) in [6.07, 6.45) is 4.15. The number of carbonyl (C=O) groups is 1. The Kier molecular flexibility index (Phi) is 5.08. The van der Waals surface area contributed by atoms with E-state index in [9.17, 15) is 9.59 Å². The summed E-state index contributed by atoms with van der Waals surface area (Å²) in [6, 6.07) is 11.0. The second-order valence-electron chi connectivity index (χ2n) is 4.33. The molecule has 0 spiro atoms. The molecule has 1 amide bonds. The Morgan fingerprint density at radius 1 is 1.29 bits per heavy atom. The molecule has 0 aliphatic carbocycles. The van der Waals surface area contributed by atoms with Gasteiger partial charge in [-0.1, -0.05) is 28.1 Å². The fraction of sp³-hybridized carbons (Fsp3) is 0.0667. The third-order valence-corrected chi connectivity index (χ3v) is 3.37. The first kappa shape index (κ1) is 15.2. The number of nitrogens with zero attached hydrogens (tertiary/aromatic N) is 1. The van der Waals surface area contributed by atoms with Crippen LogP contribution in [0, 0.1) is 0 Å². The quantitative estimate of drug-likeness (QED) is 0.505. The molecule has 0 aliphatic rings. The van der Waals surface area contributed by atoms with E-state index < -0.39 is 5.91 Å². The van der Waals surface area contributed by atoms with Crippen LogP contribution in [0.5, 0.6) is 0 Å². The van der Waals surface area contributed by atoms with Crippen LogP contribution in [0.3, 0.4) is 0 Å². The number of hydroxylamine groups is 1. The number of benzene rings is 1. The van der Waals surface area contributed by atoms with Crippen LogP contribution in [-0.4, -0.2) is 15.7 Å². The van der Waals surface area contributed by atoms with Crippen molar-refractivity contribution in [3.63, 3.8) is 0 Å². The summed E-state index contributed by atoms with van der Waals surface area (Å²) in [5.74, 6) is -0.683. The van der Waals surface area contributed by atoms with Crippen molar-refractivity contribution < 1.29 is 10.0 Å². The lowest BCUT2D eigenvalue weighted by Crippen LogP contribution is -2.22. The number of pyridine rings is 1. The maximum atomic E-state index is 12.2. The van der Waals surface area contributed by atoms with E-state index >= 15 is 0 Å². The van der Waals surface area contributed by atoms with E-state index in [1.54, 1.807) is 22.9 Å². The summed E-state index contributed by atoms with van der Waals surface area (Å²) >= 11 is 3.36. The molecule has 0 saturated carbocycles. The molecule has 0 saturated heterocycles. The third-order valence-electron chi connectivity index (χ3n) is 2.84. The van der Waals surface area contributed by atoms with Crippen molar-refractivity contribution in [2.45, 2.75) is 6.54 Å². The maximum Gasteiger partial charge on any atom is 0.267 e. The summed E-state index contributed by atoms with van der Waals surface area (Å²) in [5, 5.41) is 8.42. The molecule has 0 radical (unpaired) electrons. The Morgan fingerprint density at radius 3 is 2.67 bits per heavy atom. The molecular formula is C15H13BrN2O3. The summed E-state index contributed by atoms with van der Waals surface area (Å²) in [7, 11) is 0. The zero-order valence-corrected chi connectivity index (χ0v) is 12.6. The van der Waals surface area contributed by atoms with Gasteiger partial charge in [-0.25, -0.2) is 5.48 Å². The summed E-state index contributed by atoms with van der Waals surface area (Å²) in [4.78, 5) is 23.2. The monoisotopic (exact) mass is 348 g/mol. The molecular weight excluding hydrogens is 336 g/mol. The van der Waals surface area contributed by atoms with Gasteiger partial charge >= 0.3 is 0 Å². The molecule has 6 heteroatoms. The average Bonchev–Trinajstić information content (AvgIpc) is 2.50. The zero-order valence-electron chi connectivity index (χ0n) is 11.0. The normalized spacial score (nSPS) is 10.8. The highest BCUT2D eigenvalue weighted by Crippen LogP contribution is 2.11. The Labute approximate surface area is 129 Å². The van der Waals surface area contributed by atoms with Gasteiger partial charge in [0.15, 0.2) is 0 Å². The SMILES string of the molecule is O=C(/C=C/c1cccn(Cc2ccc(Br)cc2)c1=O)NO. The molecule has 0 atom stereocenters. The van der Waals surface area contributed by atoms with Crippen LogP contribution in [0.25, 0.3) is 6.08 Å². The number of amides is 1. The van der Waals surface area contributed by atoms with Crippen molar-refractivity contribution in [3.8, 4) is 0 Å². The van der Waals surface area contributed by atoms with Gasteiger partial charge in [0.1, 0.15) is 0 Å². The van der Waals surface area contributed by atoms with Gasteiger partial charge in [-0.05, 0) is 35.9 Å². The summed E-state index contributed by atoms with van der Waals surface area (Å²) in [5.41, 5.74) is 2.64. The van der Waals surface area contributed by atoms with Crippen molar-refractivity contribution in [2.75, 3.05) is 0 Å². The molecule has 2 aromatic rings. The lowest BCUT2D eigenvalue weighted by Gasteiger charge is -2.07. The van der Waals surface area contributed by atoms with Gasteiger partial charge in [0.2, 0.25) is 0 Å². The highest BCUT2D eigenvalue weighted by molar-refractivity contribution is 9.10. The molecule has 1 aromatic carbocycles. The van der Waals surface area contributed by atoms with Crippen LogP contribution >= 0.6 is 15.9 Å². The van der Waals surface area contributed by atoms with E-state index in [1.807, 2.05) is 24.3 Å². The zero-order chi connectivity index (χ0) is 15.2. The number of hydrogen-bond donors (Lipinski definition) is 2. The largest absolute Gasteiger partial charge is 0.311 e. The van der Waals surface area contributed by atoms with E-state index in [0.29, 0.717) is 12.1 Å². The first-order valence-electron chi connectivity index (χ1n) is 6.16. The molecule has 0 unspecified atom stereocenters. The molecule has 0 aliphatic heterocycles. The highest BCUT2D eigenvalue weighted by Gasteiger charge is 2.02. The van der Waals surface area contributed by atoms with Crippen LogP contribution in [0.1, 0.15) is 11.1 Å². The molecule has 108 valence electrons. The fourth-order valence-corrected chi connectivity index (χ4v) is 2.06. The molecule has 2 rings (SSSR count). The van der Waals surface area contributed by atoms with Gasteiger partial charge in [-0.2, -0.15) is 0 Å². The molecule has 0 fully saturated rings. The number of aromatic nitrogens is 1. The number of rotatable bonds is 4. The summed E-state index contributed by atoms with van der Waals surface area (Å²) in [6.45, 7) is 0.444. The second-order valence-corrected chi connectivity index (χ2v) is 5.25. The highest BCUT2D eigenvalue weighted by atomic mass is 79.9. The second kappa shape index (κ2) is 7.01. The number of carbonyl (C=O) groups excluding carboxylic acids is 1. The van der Waals surface area contributed by atoms with Gasteiger partial charge in [0.05, 0.1) is 6.54 Å². The minimum atomic E-state index is -0.683. The van der Waals surface area contributed by atoms with Crippen LogP contribution in [0.2, 0.25) is 0 Å². The maximum absolute atomic E-state index is 12.2. The van der Waals surface area contributed by atoms with Gasteiger partial charge in [0.25, 0.3) is 11.5 Å². The van der Waals surface area contributed by atoms with Crippen molar-refractivity contribution in [2.24, 2.45) is 0 Å². The molecule has 0 bridgehead atoms. The van der Waals surface area contributed by atoms with E-state index in [0.717, 1.165) is 16.1 Å². The minimum absolute atomic E-state index is 0.206. The van der Waals surface area contributed by atoms with Crippen LogP contribution in [0.15, 0.2) is 57.9 Å². The van der Waals surface area contributed by atoms with Crippen LogP contribution in [-0.2, 0) is 11.3 Å². The predicted octanol–water partition coefficient (Wildman–Crippen LogP) is 2.18. The van der Waals surface area contributed by atoms with E-state index in [4.69, 9.17) is 5.21 Å². The van der Waals surface area contributed by atoms with Crippen molar-refractivity contribution in [1.82, 2.24) is 10.0 Å². The fourth-order valence-electron chi connectivity index (χ4n) is 1.80. The van der Waals surface area contributed by atoms with Crippen LogP contribution in [0.4, 0.5) is 0 Å². The topological polar surface area (TPSA) is 71.3 Å². The Hall–Kier alpha value is -2.18. The van der Waals surface area contributed by atoms with E-state index in [1.165, 1.54) is 11.6 Å². The van der Waals surface area contributed by atoms with Gasteiger partial charge in [-0.15, -0.1) is 0 Å². The lowest BCUT2D eigenvalue weighted by atomic mass is 10.2.